The number of ether oxygens (including phenoxy) is 1. The summed E-state index contributed by atoms with van der Waals surface area (Å²) >= 11 is 0. The predicted octanol–water partition coefficient (Wildman–Crippen LogP) is -0.344. The number of aliphatic hydroxyl groups is 1. The van der Waals surface area contributed by atoms with E-state index in [2.05, 4.69) is 10.00 Å². The maximum absolute atomic E-state index is 9.23. The van der Waals surface area contributed by atoms with Crippen molar-refractivity contribution in [1.82, 2.24) is 14.7 Å². The molecule has 0 radical (unpaired) electrons. The Bertz CT molecular complexity index is 327. The van der Waals surface area contributed by atoms with E-state index in [1.165, 1.54) is 5.69 Å². The molecule has 1 aromatic heterocycles. The van der Waals surface area contributed by atoms with E-state index in [9.17, 15) is 5.11 Å². The number of rotatable bonds is 4. The van der Waals surface area contributed by atoms with Gasteiger partial charge in [-0.05, 0) is 6.07 Å². The maximum Gasteiger partial charge on any atom is 0.0644 e. The van der Waals surface area contributed by atoms with Crippen molar-refractivity contribution in [1.29, 1.82) is 0 Å². The Morgan fingerprint density at radius 2 is 2.50 bits per heavy atom. The minimum Gasteiger partial charge on any atom is -0.395 e. The van der Waals surface area contributed by atoms with Crippen molar-refractivity contribution in [2.24, 2.45) is 7.05 Å². The molecule has 16 heavy (non-hydrogen) atoms. The summed E-state index contributed by atoms with van der Waals surface area (Å²) in [5.41, 5.74) is 1.23. The molecule has 0 spiro atoms. The fourth-order valence-corrected chi connectivity index (χ4v) is 2.06. The number of aromatic nitrogens is 2. The predicted molar refractivity (Wildman–Crippen MR) is 60.2 cm³/mol. The molecule has 1 aliphatic heterocycles. The molecule has 0 saturated carbocycles. The lowest BCUT2D eigenvalue weighted by Gasteiger charge is -2.34. The van der Waals surface area contributed by atoms with Gasteiger partial charge in [-0.25, -0.2) is 0 Å². The number of morpholine rings is 1. The first-order valence-corrected chi connectivity index (χ1v) is 5.71. The zero-order chi connectivity index (χ0) is 11.4. The summed E-state index contributed by atoms with van der Waals surface area (Å²) in [6.45, 7) is 3.44. The van der Waals surface area contributed by atoms with Gasteiger partial charge in [0, 0.05) is 38.4 Å². The molecule has 1 aromatic rings. The monoisotopic (exact) mass is 225 g/mol. The summed E-state index contributed by atoms with van der Waals surface area (Å²) < 4.78 is 7.24. The highest BCUT2D eigenvalue weighted by Gasteiger charge is 2.21. The molecule has 1 saturated heterocycles. The minimum atomic E-state index is 0.155. The second kappa shape index (κ2) is 5.43. The summed E-state index contributed by atoms with van der Waals surface area (Å²) in [6.07, 6.45) is 2.78. The Labute approximate surface area is 95.6 Å². The first-order chi connectivity index (χ1) is 7.81. The van der Waals surface area contributed by atoms with Gasteiger partial charge >= 0.3 is 0 Å². The van der Waals surface area contributed by atoms with Crippen molar-refractivity contribution in [3.05, 3.63) is 18.0 Å². The van der Waals surface area contributed by atoms with E-state index in [1.807, 2.05) is 24.0 Å². The van der Waals surface area contributed by atoms with Crippen molar-refractivity contribution in [3.8, 4) is 0 Å². The lowest BCUT2D eigenvalue weighted by Crippen LogP contribution is -2.48. The van der Waals surface area contributed by atoms with Crippen LogP contribution in [0.25, 0.3) is 0 Å². The van der Waals surface area contributed by atoms with E-state index in [0.717, 1.165) is 26.1 Å². The summed E-state index contributed by atoms with van der Waals surface area (Å²) in [5.74, 6) is 0. The van der Waals surface area contributed by atoms with E-state index in [1.54, 1.807) is 0 Å². The van der Waals surface area contributed by atoms with Crippen LogP contribution in [0, 0.1) is 0 Å². The summed E-state index contributed by atoms with van der Waals surface area (Å²) in [6, 6.07) is 2.19. The van der Waals surface area contributed by atoms with Crippen LogP contribution in [-0.4, -0.2) is 58.7 Å². The van der Waals surface area contributed by atoms with Crippen molar-refractivity contribution in [3.63, 3.8) is 0 Å². The van der Waals surface area contributed by atoms with Crippen LogP contribution >= 0.6 is 0 Å². The highest BCUT2D eigenvalue weighted by atomic mass is 16.5. The third-order valence-electron chi connectivity index (χ3n) is 3.14. The molecule has 0 aliphatic carbocycles. The van der Waals surface area contributed by atoms with Gasteiger partial charge < -0.3 is 9.84 Å². The highest BCUT2D eigenvalue weighted by Crippen LogP contribution is 2.08. The van der Waals surface area contributed by atoms with E-state index >= 15 is 0 Å². The van der Waals surface area contributed by atoms with Crippen LogP contribution in [0.15, 0.2) is 12.3 Å². The van der Waals surface area contributed by atoms with E-state index in [4.69, 9.17) is 4.74 Å². The average Bonchev–Trinajstić information content (AvgIpc) is 2.72. The molecular weight excluding hydrogens is 206 g/mol. The summed E-state index contributed by atoms with van der Waals surface area (Å²) in [4.78, 5) is 2.29. The van der Waals surface area contributed by atoms with E-state index in [-0.39, 0.29) is 12.6 Å². The first kappa shape index (κ1) is 11.6. The van der Waals surface area contributed by atoms with Crippen LogP contribution < -0.4 is 0 Å². The largest absolute Gasteiger partial charge is 0.395 e. The molecule has 1 N–H and O–H groups in total. The molecule has 90 valence electrons. The van der Waals surface area contributed by atoms with Crippen molar-refractivity contribution < 1.29 is 9.84 Å². The number of aryl methyl sites for hydroxylation is 1. The second-order valence-electron chi connectivity index (χ2n) is 4.14. The van der Waals surface area contributed by atoms with Gasteiger partial charge in [0.2, 0.25) is 0 Å². The normalized spacial score (nSPS) is 22.5. The minimum absolute atomic E-state index is 0.155. The zero-order valence-corrected chi connectivity index (χ0v) is 9.67. The van der Waals surface area contributed by atoms with Crippen LogP contribution in [0.4, 0.5) is 0 Å². The van der Waals surface area contributed by atoms with Crippen LogP contribution in [-0.2, 0) is 18.2 Å². The molecule has 1 aliphatic rings. The maximum atomic E-state index is 9.23. The van der Waals surface area contributed by atoms with Crippen LogP contribution in [0.3, 0.4) is 0 Å². The van der Waals surface area contributed by atoms with Gasteiger partial charge in [-0.15, -0.1) is 0 Å². The van der Waals surface area contributed by atoms with Crippen molar-refractivity contribution in [2.75, 3.05) is 32.9 Å². The quantitative estimate of drug-likeness (QED) is 0.761. The second-order valence-corrected chi connectivity index (χ2v) is 4.14. The SMILES string of the molecule is Cn1nccc1CCN1CCOCC1CO. The molecular formula is C11H19N3O2. The molecule has 2 rings (SSSR count). The van der Waals surface area contributed by atoms with Gasteiger partial charge in [-0.1, -0.05) is 0 Å². The van der Waals surface area contributed by atoms with Crippen LogP contribution in [0.1, 0.15) is 5.69 Å². The Balaban J connectivity index is 1.86. The van der Waals surface area contributed by atoms with E-state index < -0.39 is 0 Å². The zero-order valence-electron chi connectivity index (χ0n) is 9.67. The van der Waals surface area contributed by atoms with Gasteiger partial charge in [0.05, 0.1) is 25.9 Å². The van der Waals surface area contributed by atoms with Crippen molar-refractivity contribution in [2.45, 2.75) is 12.5 Å². The fraction of sp³-hybridized carbons (Fsp3) is 0.727. The average molecular weight is 225 g/mol. The molecule has 5 nitrogen and oxygen atoms in total. The van der Waals surface area contributed by atoms with Gasteiger partial charge in [0.1, 0.15) is 0 Å². The summed E-state index contributed by atoms with van der Waals surface area (Å²) in [7, 11) is 1.96. The fourth-order valence-electron chi connectivity index (χ4n) is 2.06. The molecule has 1 atom stereocenters. The first-order valence-electron chi connectivity index (χ1n) is 5.71. The smallest absolute Gasteiger partial charge is 0.0644 e. The molecule has 0 aromatic carbocycles. The summed E-state index contributed by atoms with van der Waals surface area (Å²) in [5, 5.41) is 13.4. The van der Waals surface area contributed by atoms with Crippen molar-refractivity contribution >= 4 is 0 Å². The lowest BCUT2D eigenvalue weighted by molar-refractivity contribution is -0.0268. The number of aliphatic hydroxyl groups excluding tert-OH is 1. The van der Waals surface area contributed by atoms with E-state index in [0.29, 0.717) is 6.61 Å². The van der Waals surface area contributed by atoms with Crippen LogP contribution in [0.2, 0.25) is 0 Å². The van der Waals surface area contributed by atoms with Gasteiger partial charge in [0.15, 0.2) is 0 Å². The molecule has 1 unspecified atom stereocenters. The highest BCUT2D eigenvalue weighted by molar-refractivity contribution is 5.00. The topological polar surface area (TPSA) is 50.5 Å². The molecule has 1 fully saturated rings. The Hall–Kier alpha value is -0.910. The molecule has 5 heteroatoms. The molecule has 2 heterocycles. The van der Waals surface area contributed by atoms with Gasteiger partial charge in [-0.2, -0.15) is 5.10 Å². The Kier molecular flexibility index (Phi) is 3.93. The van der Waals surface area contributed by atoms with Gasteiger partial charge in [0.25, 0.3) is 0 Å². The number of nitrogens with zero attached hydrogens (tertiary/aromatic N) is 3. The van der Waals surface area contributed by atoms with Crippen LogP contribution in [0.5, 0.6) is 0 Å². The number of hydrogen-bond donors (Lipinski definition) is 1. The van der Waals surface area contributed by atoms with Gasteiger partial charge in [-0.3, -0.25) is 9.58 Å². The lowest BCUT2D eigenvalue weighted by atomic mass is 10.2. The number of hydrogen-bond acceptors (Lipinski definition) is 4. The third-order valence-corrected chi connectivity index (χ3v) is 3.14. The Morgan fingerprint density at radius 1 is 1.62 bits per heavy atom. The standard InChI is InChI=1S/C11H19N3O2/c1-13-10(2-4-12-13)3-5-14-6-7-16-9-11(14)8-15/h2,4,11,15H,3,5-9H2,1H3. The third kappa shape index (κ3) is 2.61. The molecule has 0 amide bonds. The Morgan fingerprint density at radius 3 is 3.19 bits per heavy atom. The molecule has 0 bridgehead atoms.